The van der Waals surface area contributed by atoms with Crippen molar-refractivity contribution < 1.29 is 14.3 Å². The van der Waals surface area contributed by atoms with Crippen LogP contribution in [0.15, 0.2) is 12.1 Å². The molecule has 0 aliphatic carbocycles. The fourth-order valence-electron chi connectivity index (χ4n) is 1.90. The van der Waals surface area contributed by atoms with Crippen molar-refractivity contribution in [2.75, 3.05) is 13.8 Å². The van der Waals surface area contributed by atoms with Gasteiger partial charge < -0.3 is 14.4 Å². The Kier molecular flexibility index (Phi) is 1.32. The molecule has 2 aliphatic heterocycles. The van der Waals surface area contributed by atoms with Gasteiger partial charge in [0.25, 0.3) is 5.91 Å². The van der Waals surface area contributed by atoms with E-state index < -0.39 is 0 Å². The third kappa shape index (κ3) is 0.801. The number of hydrogen-bond acceptors (Lipinski definition) is 3. The van der Waals surface area contributed by atoms with Crippen LogP contribution in [0.25, 0.3) is 0 Å². The van der Waals surface area contributed by atoms with Gasteiger partial charge in [0.2, 0.25) is 6.79 Å². The third-order valence-electron chi connectivity index (χ3n) is 2.61. The largest absolute Gasteiger partial charge is 0.454 e. The summed E-state index contributed by atoms with van der Waals surface area (Å²) in [6, 6.07) is 3.59. The number of hydrogen-bond donors (Lipinski definition) is 0. The summed E-state index contributed by atoms with van der Waals surface area (Å²) in [7, 11) is 1.78. The lowest BCUT2D eigenvalue weighted by molar-refractivity contribution is 0.0816. The Morgan fingerprint density at radius 1 is 1.36 bits per heavy atom. The van der Waals surface area contributed by atoms with Crippen molar-refractivity contribution in [3.05, 3.63) is 23.3 Å². The van der Waals surface area contributed by atoms with E-state index >= 15 is 0 Å². The maximum absolute atomic E-state index is 11.6. The van der Waals surface area contributed by atoms with E-state index in [2.05, 4.69) is 0 Å². The third-order valence-corrected chi connectivity index (χ3v) is 2.61. The molecular formula is C10H9NO3. The van der Waals surface area contributed by atoms with Crippen LogP contribution < -0.4 is 9.47 Å². The van der Waals surface area contributed by atoms with Crippen molar-refractivity contribution >= 4 is 5.91 Å². The molecule has 4 nitrogen and oxygen atoms in total. The molecule has 0 unspecified atom stereocenters. The number of benzene rings is 1. The first-order valence-corrected chi connectivity index (χ1v) is 4.44. The minimum absolute atomic E-state index is 0.0540. The van der Waals surface area contributed by atoms with E-state index in [-0.39, 0.29) is 12.7 Å². The van der Waals surface area contributed by atoms with Crippen LogP contribution in [0.5, 0.6) is 11.5 Å². The normalized spacial score (nSPS) is 17.5. The lowest BCUT2D eigenvalue weighted by Gasteiger charge is -2.05. The summed E-state index contributed by atoms with van der Waals surface area (Å²) in [4.78, 5) is 13.3. The molecule has 0 atom stereocenters. The summed E-state index contributed by atoms with van der Waals surface area (Å²) in [5.41, 5.74) is 1.68. The highest BCUT2D eigenvalue weighted by Gasteiger charge is 2.31. The quantitative estimate of drug-likeness (QED) is 0.614. The first kappa shape index (κ1) is 7.67. The van der Waals surface area contributed by atoms with E-state index in [0.717, 1.165) is 22.6 Å². The minimum atomic E-state index is 0.0540. The maximum atomic E-state index is 11.6. The first-order valence-electron chi connectivity index (χ1n) is 4.44. The van der Waals surface area contributed by atoms with Crippen LogP contribution in [0.3, 0.4) is 0 Å². The SMILES string of the molecule is CN1Cc2c(ccc3c2OCO3)C1=O. The van der Waals surface area contributed by atoms with E-state index in [1.54, 1.807) is 24.1 Å². The van der Waals surface area contributed by atoms with Crippen molar-refractivity contribution in [1.29, 1.82) is 0 Å². The molecule has 2 aliphatic rings. The molecule has 0 spiro atoms. The summed E-state index contributed by atoms with van der Waals surface area (Å²) in [6.45, 7) is 0.865. The van der Waals surface area contributed by atoms with Crippen LogP contribution in [-0.4, -0.2) is 24.6 Å². The summed E-state index contributed by atoms with van der Waals surface area (Å²) in [5.74, 6) is 1.53. The second kappa shape index (κ2) is 2.41. The van der Waals surface area contributed by atoms with Crippen molar-refractivity contribution in [1.82, 2.24) is 4.90 Å². The van der Waals surface area contributed by atoms with Gasteiger partial charge in [-0.3, -0.25) is 4.79 Å². The molecule has 1 amide bonds. The molecule has 1 aromatic rings. The monoisotopic (exact) mass is 191 g/mol. The van der Waals surface area contributed by atoms with Gasteiger partial charge in [-0.05, 0) is 12.1 Å². The van der Waals surface area contributed by atoms with Crippen LogP contribution in [0.1, 0.15) is 15.9 Å². The Hall–Kier alpha value is -1.71. The highest BCUT2D eigenvalue weighted by molar-refractivity contribution is 5.99. The van der Waals surface area contributed by atoms with Gasteiger partial charge >= 0.3 is 0 Å². The van der Waals surface area contributed by atoms with Crippen LogP contribution in [0.2, 0.25) is 0 Å². The molecule has 0 saturated carbocycles. The molecular weight excluding hydrogens is 182 g/mol. The molecule has 0 N–H and O–H groups in total. The second-order valence-electron chi connectivity index (χ2n) is 3.49. The van der Waals surface area contributed by atoms with Gasteiger partial charge in [0.1, 0.15) is 0 Å². The predicted octanol–water partition coefficient (Wildman–Crippen LogP) is 1.00. The minimum Gasteiger partial charge on any atom is -0.454 e. The van der Waals surface area contributed by atoms with Gasteiger partial charge in [-0.1, -0.05) is 0 Å². The number of fused-ring (bicyclic) bond motifs is 3. The van der Waals surface area contributed by atoms with E-state index in [1.807, 2.05) is 0 Å². The lowest BCUT2D eigenvalue weighted by atomic mass is 10.1. The van der Waals surface area contributed by atoms with Crippen LogP contribution in [0, 0.1) is 0 Å². The first-order chi connectivity index (χ1) is 6.77. The Morgan fingerprint density at radius 3 is 3.07 bits per heavy atom. The van der Waals surface area contributed by atoms with Crippen molar-refractivity contribution in [2.24, 2.45) is 0 Å². The number of carbonyl (C=O) groups excluding carboxylic acids is 1. The Morgan fingerprint density at radius 2 is 2.21 bits per heavy atom. The standard InChI is InChI=1S/C10H9NO3/c1-11-4-7-6(10(11)12)2-3-8-9(7)14-5-13-8/h2-3H,4-5H2,1H3. The zero-order valence-electron chi connectivity index (χ0n) is 7.74. The smallest absolute Gasteiger partial charge is 0.254 e. The molecule has 0 fully saturated rings. The molecule has 2 heterocycles. The number of ether oxygens (including phenoxy) is 2. The summed E-state index contributed by atoms with van der Waals surface area (Å²) >= 11 is 0. The van der Waals surface area contributed by atoms with E-state index in [4.69, 9.17) is 9.47 Å². The Labute approximate surface area is 81.0 Å². The molecule has 0 bridgehead atoms. The molecule has 14 heavy (non-hydrogen) atoms. The summed E-state index contributed by atoms with van der Waals surface area (Å²) in [6.07, 6.45) is 0. The van der Waals surface area contributed by atoms with Crippen molar-refractivity contribution in [3.8, 4) is 11.5 Å². The highest BCUT2D eigenvalue weighted by atomic mass is 16.7. The predicted molar refractivity (Wildman–Crippen MR) is 48.4 cm³/mol. The molecule has 4 heteroatoms. The zero-order valence-corrected chi connectivity index (χ0v) is 7.74. The fraction of sp³-hybridized carbons (Fsp3) is 0.300. The van der Waals surface area contributed by atoms with Gasteiger partial charge in [-0.2, -0.15) is 0 Å². The number of carbonyl (C=O) groups is 1. The summed E-state index contributed by atoms with van der Waals surface area (Å²) in [5, 5.41) is 0. The Balaban J connectivity index is 2.22. The molecule has 1 aromatic carbocycles. The highest BCUT2D eigenvalue weighted by Crippen LogP contribution is 2.40. The number of amides is 1. The number of nitrogens with zero attached hydrogens (tertiary/aromatic N) is 1. The van der Waals surface area contributed by atoms with Crippen molar-refractivity contribution in [2.45, 2.75) is 6.54 Å². The van der Waals surface area contributed by atoms with Gasteiger partial charge in [0.05, 0.1) is 6.54 Å². The van der Waals surface area contributed by atoms with Crippen molar-refractivity contribution in [3.63, 3.8) is 0 Å². The van der Waals surface area contributed by atoms with E-state index in [1.165, 1.54) is 0 Å². The Bertz CT molecular complexity index is 428. The molecule has 0 saturated heterocycles. The van der Waals surface area contributed by atoms with Crippen LogP contribution >= 0.6 is 0 Å². The molecule has 0 aromatic heterocycles. The average Bonchev–Trinajstić information content (AvgIpc) is 2.73. The van der Waals surface area contributed by atoms with Gasteiger partial charge in [-0.25, -0.2) is 0 Å². The van der Waals surface area contributed by atoms with Gasteiger partial charge in [0, 0.05) is 18.2 Å². The van der Waals surface area contributed by atoms with E-state index in [0.29, 0.717) is 6.54 Å². The zero-order chi connectivity index (χ0) is 9.71. The lowest BCUT2D eigenvalue weighted by Crippen LogP contribution is -2.17. The molecule has 72 valence electrons. The topological polar surface area (TPSA) is 38.8 Å². The molecule has 0 radical (unpaired) electrons. The summed E-state index contributed by atoms with van der Waals surface area (Å²) < 4.78 is 10.6. The van der Waals surface area contributed by atoms with Crippen LogP contribution in [0.4, 0.5) is 0 Å². The van der Waals surface area contributed by atoms with E-state index in [9.17, 15) is 4.79 Å². The number of rotatable bonds is 0. The maximum Gasteiger partial charge on any atom is 0.254 e. The second-order valence-corrected chi connectivity index (χ2v) is 3.49. The van der Waals surface area contributed by atoms with Crippen LogP contribution in [-0.2, 0) is 6.54 Å². The van der Waals surface area contributed by atoms with Gasteiger partial charge in [0.15, 0.2) is 11.5 Å². The molecule has 3 rings (SSSR count). The fourth-order valence-corrected chi connectivity index (χ4v) is 1.90. The van der Waals surface area contributed by atoms with Gasteiger partial charge in [-0.15, -0.1) is 0 Å². The average molecular weight is 191 g/mol.